The van der Waals surface area contributed by atoms with Crippen LogP contribution in [-0.4, -0.2) is 22.9 Å². The monoisotopic (exact) mass is 277 g/mol. The van der Waals surface area contributed by atoms with Crippen molar-refractivity contribution in [2.75, 3.05) is 12.8 Å². The molecule has 0 saturated heterocycles. The van der Waals surface area contributed by atoms with E-state index in [1.54, 1.807) is 11.8 Å². The van der Waals surface area contributed by atoms with Crippen LogP contribution in [0.5, 0.6) is 0 Å². The Balaban J connectivity index is 2.19. The zero-order valence-electron chi connectivity index (χ0n) is 11.3. The highest BCUT2D eigenvalue weighted by molar-refractivity contribution is 7.98. The van der Waals surface area contributed by atoms with Crippen LogP contribution in [0.25, 0.3) is 11.4 Å². The third kappa shape index (κ3) is 3.36. The molecule has 1 unspecified atom stereocenters. The van der Waals surface area contributed by atoms with Gasteiger partial charge in [-0.1, -0.05) is 18.5 Å². The molecule has 5 heteroatoms. The highest BCUT2D eigenvalue weighted by Gasteiger charge is 2.17. The first kappa shape index (κ1) is 14.1. The molecule has 0 aliphatic rings. The van der Waals surface area contributed by atoms with Crippen molar-refractivity contribution in [3.63, 3.8) is 0 Å². The van der Waals surface area contributed by atoms with E-state index in [2.05, 4.69) is 35.5 Å². The van der Waals surface area contributed by atoms with E-state index in [0.717, 1.165) is 18.4 Å². The number of nitrogens with zero attached hydrogens (tertiary/aromatic N) is 2. The van der Waals surface area contributed by atoms with E-state index < -0.39 is 0 Å². The van der Waals surface area contributed by atoms with Crippen molar-refractivity contribution in [3.8, 4) is 11.4 Å². The summed E-state index contributed by atoms with van der Waals surface area (Å²) in [5.74, 6) is 1.45. The summed E-state index contributed by atoms with van der Waals surface area (Å²) in [6.07, 6.45) is 4.09. The summed E-state index contributed by atoms with van der Waals surface area (Å²) in [6, 6.07) is 8.14. The van der Waals surface area contributed by atoms with Crippen molar-refractivity contribution in [1.82, 2.24) is 10.1 Å². The van der Waals surface area contributed by atoms with Gasteiger partial charge in [-0.2, -0.15) is 4.98 Å². The lowest BCUT2D eigenvalue weighted by Crippen LogP contribution is -2.12. The molecule has 0 saturated carbocycles. The molecule has 2 rings (SSSR count). The molecular weight excluding hydrogens is 258 g/mol. The Morgan fingerprint density at radius 3 is 2.63 bits per heavy atom. The van der Waals surface area contributed by atoms with Crippen LogP contribution in [0.4, 0.5) is 0 Å². The van der Waals surface area contributed by atoms with Crippen molar-refractivity contribution < 1.29 is 4.52 Å². The predicted octanol–water partition coefficient (Wildman–Crippen LogP) is 3.30. The van der Waals surface area contributed by atoms with Gasteiger partial charge in [0.1, 0.15) is 0 Å². The Morgan fingerprint density at radius 1 is 1.32 bits per heavy atom. The maximum atomic E-state index is 5.75. The molecule has 1 aromatic carbocycles. The van der Waals surface area contributed by atoms with Gasteiger partial charge in [0.2, 0.25) is 11.7 Å². The summed E-state index contributed by atoms with van der Waals surface area (Å²) < 4.78 is 5.33. The molecule has 0 fully saturated rings. The summed E-state index contributed by atoms with van der Waals surface area (Å²) in [6.45, 7) is 2.67. The first-order chi connectivity index (χ1) is 9.28. The van der Waals surface area contributed by atoms with Gasteiger partial charge in [0, 0.05) is 17.0 Å². The van der Waals surface area contributed by atoms with Crippen molar-refractivity contribution in [1.29, 1.82) is 0 Å². The molecule has 0 aliphatic heterocycles. The van der Waals surface area contributed by atoms with E-state index in [0.29, 0.717) is 18.3 Å². The Hall–Kier alpha value is -1.33. The van der Waals surface area contributed by atoms with Crippen LogP contribution in [0, 0.1) is 0 Å². The quantitative estimate of drug-likeness (QED) is 0.821. The maximum Gasteiger partial charge on any atom is 0.231 e. The first-order valence-corrected chi connectivity index (χ1v) is 7.69. The molecular formula is C14H19N3OS. The number of aromatic nitrogens is 2. The van der Waals surface area contributed by atoms with Gasteiger partial charge in [0.25, 0.3) is 0 Å². The lowest BCUT2D eigenvalue weighted by atomic mass is 10.0. The fourth-order valence-electron chi connectivity index (χ4n) is 1.95. The van der Waals surface area contributed by atoms with E-state index in [4.69, 9.17) is 10.3 Å². The van der Waals surface area contributed by atoms with Gasteiger partial charge in [-0.3, -0.25) is 0 Å². The maximum absolute atomic E-state index is 5.75. The average molecular weight is 277 g/mol. The van der Waals surface area contributed by atoms with Gasteiger partial charge < -0.3 is 10.3 Å². The second-order valence-electron chi connectivity index (χ2n) is 4.41. The SMILES string of the molecule is CCCC(CN)c1nc(-c2ccc(SC)cc2)no1. The summed E-state index contributed by atoms with van der Waals surface area (Å²) in [5, 5.41) is 4.04. The minimum atomic E-state index is 0.164. The van der Waals surface area contributed by atoms with Crippen LogP contribution in [0.1, 0.15) is 31.6 Å². The second kappa shape index (κ2) is 6.73. The van der Waals surface area contributed by atoms with Crippen LogP contribution in [0.3, 0.4) is 0 Å². The van der Waals surface area contributed by atoms with Crippen molar-refractivity contribution in [2.24, 2.45) is 5.73 Å². The molecule has 1 atom stereocenters. The van der Waals surface area contributed by atoms with E-state index >= 15 is 0 Å². The molecule has 2 N–H and O–H groups in total. The molecule has 0 bridgehead atoms. The van der Waals surface area contributed by atoms with E-state index in [1.165, 1.54) is 4.90 Å². The molecule has 0 aliphatic carbocycles. The third-order valence-corrected chi connectivity index (χ3v) is 3.80. The fraction of sp³-hybridized carbons (Fsp3) is 0.429. The highest BCUT2D eigenvalue weighted by atomic mass is 32.2. The molecule has 1 aromatic heterocycles. The van der Waals surface area contributed by atoms with Crippen molar-refractivity contribution in [2.45, 2.75) is 30.6 Å². The van der Waals surface area contributed by atoms with Gasteiger partial charge in [-0.05, 0) is 36.9 Å². The normalized spacial score (nSPS) is 12.6. The summed E-state index contributed by atoms with van der Waals surface area (Å²) in [5.41, 5.74) is 6.72. The third-order valence-electron chi connectivity index (χ3n) is 3.06. The van der Waals surface area contributed by atoms with Crippen molar-refractivity contribution in [3.05, 3.63) is 30.2 Å². The molecule has 2 aromatic rings. The van der Waals surface area contributed by atoms with Crippen LogP contribution in [0.2, 0.25) is 0 Å². The van der Waals surface area contributed by atoms with Gasteiger partial charge >= 0.3 is 0 Å². The first-order valence-electron chi connectivity index (χ1n) is 6.46. The highest BCUT2D eigenvalue weighted by Crippen LogP contribution is 2.24. The Morgan fingerprint density at radius 2 is 2.05 bits per heavy atom. The number of thioether (sulfide) groups is 1. The van der Waals surface area contributed by atoms with Gasteiger partial charge in [0.05, 0.1) is 5.92 Å². The molecule has 1 heterocycles. The molecule has 0 spiro atoms. The van der Waals surface area contributed by atoms with Crippen molar-refractivity contribution >= 4 is 11.8 Å². The van der Waals surface area contributed by atoms with Crippen LogP contribution in [-0.2, 0) is 0 Å². The number of rotatable bonds is 6. The van der Waals surface area contributed by atoms with Crippen LogP contribution < -0.4 is 5.73 Å². The van der Waals surface area contributed by atoms with E-state index in [-0.39, 0.29) is 5.92 Å². The van der Waals surface area contributed by atoms with Gasteiger partial charge in [-0.25, -0.2) is 0 Å². The summed E-state index contributed by atoms with van der Waals surface area (Å²) >= 11 is 1.71. The number of benzene rings is 1. The van der Waals surface area contributed by atoms with Crippen LogP contribution >= 0.6 is 11.8 Å². The Kier molecular flexibility index (Phi) is 4.99. The lowest BCUT2D eigenvalue weighted by molar-refractivity contribution is 0.347. The van der Waals surface area contributed by atoms with Gasteiger partial charge in [-0.15, -0.1) is 11.8 Å². The Labute approximate surface area is 117 Å². The average Bonchev–Trinajstić information content (AvgIpc) is 2.94. The van der Waals surface area contributed by atoms with E-state index in [9.17, 15) is 0 Å². The summed E-state index contributed by atoms with van der Waals surface area (Å²) in [7, 11) is 0. The zero-order chi connectivity index (χ0) is 13.7. The zero-order valence-corrected chi connectivity index (χ0v) is 12.1. The molecule has 19 heavy (non-hydrogen) atoms. The lowest BCUT2D eigenvalue weighted by Gasteiger charge is -2.06. The number of hydrogen-bond acceptors (Lipinski definition) is 5. The number of nitrogens with two attached hydrogens (primary N) is 1. The smallest absolute Gasteiger partial charge is 0.231 e. The topological polar surface area (TPSA) is 64.9 Å². The number of hydrogen-bond donors (Lipinski definition) is 1. The summed E-state index contributed by atoms with van der Waals surface area (Å²) in [4.78, 5) is 5.68. The molecule has 0 amide bonds. The predicted molar refractivity (Wildman–Crippen MR) is 78.2 cm³/mol. The minimum absolute atomic E-state index is 0.164. The second-order valence-corrected chi connectivity index (χ2v) is 5.29. The van der Waals surface area contributed by atoms with E-state index in [1.807, 2.05) is 12.1 Å². The fourth-order valence-corrected chi connectivity index (χ4v) is 2.36. The van der Waals surface area contributed by atoms with Gasteiger partial charge in [0.15, 0.2) is 0 Å². The minimum Gasteiger partial charge on any atom is -0.339 e. The van der Waals surface area contributed by atoms with Crippen LogP contribution in [0.15, 0.2) is 33.7 Å². The molecule has 4 nitrogen and oxygen atoms in total. The molecule has 102 valence electrons. The largest absolute Gasteiger partial charge is 0.339 e. The Bertz CT molecular complexity index is 510. The molecule has 0 radical (unpaired) electrons. The standard InChI is InChI=1S/C14H19N3OS/c1-3-4-11(9-15)14-16-13(17-18-14)10-5-7-12(19-2)8-6-10/h5-8,11H,3-4,9,15H2,1-2H3.